The Morgan fingerprint density at radius 2 is 1.75 bits per heavy atom. The number of nitrogens with one attached hydrogen (secondary N) is 1. The molecule has 0 bridgehead atoms. The molecule has 6 atom stereocenters. The van der Waals surface area contributed by atoms with Crippen molar-refractivity contribution in [3.05, 3.63) is 35.9 Å². The van der Waals surface area contributed by atoms with Crippen molar-refractivity contribution in [1.29, 1.82) is 0 Å². The molecule has 2 saturated carbocycles. The van der Waals surface area contributed by atoms with Crippen molar-refractivity contribution in [3.8, 4) is 5.75 Å². The molecule has 156 valence electrons. The van der Waals surface area contributed by atoms with Crippen molar-refractivity contribution >= 4 is 6.08 Å². The zero-order valence-corrected chi connectivity index (χ0v) is 18.1. The van der Waals surface area contributed by atoms with Gasteiger partial charge in [0.15, 0.2) is 0 Å². The van der Waals surface area contributed by atoms with Crippen LogP contribution in [0.1, 0.15) is 64.4 Å². The van der Waals surface area contributed by atoms with E-state index in [1.54, 1.807) is 7.11 Å². The summed E-state index contributed by atoms with van der Waals surface area (Å²) in [5.41, 5.74) is 7.35. The summed E-state index contributed by atoms with van der Waals surface area (Å²) in [6, 6.07) is 9.27. The predicted octanol–water partition coefficient (Wildman–Crippen LogP) is 5.26. The number of hydrogen-bond donors (Lipinski definition) is 2. The Morgan fingerprint density at radius 3 is 2.46 bits per heavy atom. The first-order valence-electron chi connectivity index (χ1n) is 11.3. The standard InChI is InChI=1S/C25H40N2O/c1-18-15-20(10-12-23(18)26)17-21-11-13-24(19(2)16-21)27-14-6-8-22-7-4-5-9-25(22)28-3/h4-9,18-21,23-24,27H,10-17,26H2,1-3H3/b8-6+. The average Bonchev–Trinajstić information content (AvgIpc) is 2.70. The Labute approximate surface area is 172 Å². The van der Waals surface area contributed by atoms with Gasteiger partial charge in [0.2, 0.25) is 0 Å². The summed E-state index contributed by atoms with van der Waals surface area (Å²) in [6.45, 7) is 5.71. The van der Waals surface area contributed by atoms with Gasteiger partial charge >= 0.3 is 0 Å². The van der Waals surface area contributed by atoms with Crippen LogP contribution in [0.5, 0.6) is 5.75 Å². The summed E-state index contributed by atoms with van der Waals surface area (Å²) in [7, 11) is 1.73. The van der Waals surface area contributed by atoms with Gasteiger partial charge in [0.05, 0.1) is 7.11 Å². The number of ether oxygens (including phenoxy) is 1. The summed E-state index contributed by atoms with van der Waals surface area (Å²) < 4.78 is 5.42. The van der Waals surface area contributed by atoms with Crippen molar-refractivity contribution in [2.45, 2.75) is 70.9 Å². The largest absolute Gasteiger partial charge is 0.496 e. The van der Waals surface area contributed by atoms with Crippen LogP contribution in [0.4, 0.5) is 0 Å². The molecule has 28 heavy (non-hydrogen) atoms. The van der Waals surface area contributed by atoms with E-state index in [1.165, 1.54) is 44.9 Å². The Balaban J connectivity index is 1.40. The van der Waals surface area contributed by atoms with Crippen LogP contribution < -0.4 is 15.8 Å². The molecule has 6 unspecified atom stereocenters. The minimum absolute atomic E-state index is 0.444. The number of para-hydroxylation sites is 1. The molecule has 0 spiro atoms. The van der Waals surface area contributed by atoms with Gasteiger partial charge in [-0.25, -0.2) is 0 Å². The molecule has 0 aliphatic heterocycles. The molecule has 3 heteroatoms. The summed E-state index contributed by atoms with van der Waals surface area (Å²) in [5.74, 6) is 4.25. The van der Waals surface area contributed by atoms with Crippen molar-refractivity contribution in [1.82, 2.24) is 5.32 Å². The molecular weight excluding hydrogens is 344 g/mol. The van der Waals surface area contributed by atoms with Crippen molar-refractivity contribution in [3.63, 3.8) is 0 Å². The lowest BCUT2D eigenvalue weighted by Crippen LogP contribution is -2.40. The Hall–Kier alpha value is -1.32. The van der Waals surface area contributed by atoms with E-state index in [9.17, 15) is 0 Å². The van der Waals surface area contributed by atoms with Gasteiger partial charge < -0.3 is 15.8 Å². The molecule has 3 rings (SSSR count). The third-order valence-electron chi connectivity index (χ3n) is 7.22. The highest BCUT2D eigenvalue weighted by Gasteiger charge is 2.31. The van der Waals surface area contributed by atoms with E-state index in [4.69, 9.17) is 10.5 Å². The van der Waals surface area contributed by atoms with Crippen LogP contribution in [0.25, 0.3) is 6.08 Å². The molecular formula is C25H40N2O. The van der Waals surface area contributed by atoms with Crippen molar-refractivity contribution in [2.24, 2.45) is 29.4 Å². The van der Waals surface area contributed by atoms with Gasteiger partial charge in [0.25, 0.3) is 0 Å². The second-order valence-corrected chi connectivity index (χ2v) is 9.37. The maximum absolute atomic E-state index is 6.20. The molecule has 3 N–H and O–H groups in total. The van der Waals surface area contributed by atoms with E-state index in [0.717, 1.165) is 35.6 Å². The number of benzene rings is 1. The van der Waals surface area contributed by atoms with E-state index in [2.05, 4.69) is 43.4 Å². The van der Waals surface area contributed by atoms with E-state index < -0.39 is 0 Å². The maximum atomic E-state index is 6.20. The summed E-state index contributed by atoms with van der Waals surface area (Å²) in [6.07, 6.45) is 13.8. The van der Waals surface area contributed by atoms with Gasteiger partial charge in [-0.2, -0.15) is 0 Å². The van der Waals surface area contributed by atoms with Crippen LogP contribution in [-0.2, 0) is 0 Å². The molecule has 1 aromatic rings. The second kappa shape index (κ2) is 10.5. The van der Waals surface area contributed by atoms with Crippen LogP contribution in [0.2, 0.25) is 0 Å². The Bertz CT molecular complexity index is 629. The monoisotopic (exact) mass is 384 g/mol. The second-order valence-electron chi connectivity index (χ2n) is 9.37. The molecule has 2 fully saturated rings. The van der Waals surface area contributed by atoms with E-state index in [1.807, 2.05) is 12.1 Å². The fourth-order valence-electron chi connectivity index (χ4n) is 5.45. The van der Waals surface area contributed by atoms with Crippen LogP contribution in [-0.4, -0.2) is 25.7 Å². The average molecular weight is 385 g/mol. The Morgan fingerprint density at radius 1 is 1.04 bits per heavy atom. The lowest BCUT2D eigenvalue weighted by molar-refractivity contribution is 0.159. The number of nitrogens with two attached hydrogens (primary N) is 1. The van der Waals surface area contributed by atoms with Crippen molar-refractivity contribution < 1.29 is 4.74 Å². The quantitative estimate of drug-likeness (QED) is 0.674. The van der Waals surface area contributed by atoms with Crippen LogP contribution >= 0.6 is 0 Å². The van der Waals surface area contributed by atoms with Crippen LogP contribution in [0, 0.1) is 23.7 Å². The molecule has 3 nitrogen and oxygen atoms in total. The highest BCUT2D eigenvalue weighted by molar-refractivity contribution is 5.57. The fourth-order valence-corrected chi connectivity index (χ4v) is 5.45. The van der Waals surface area contributed by atoms with E-state index >= 15 is 0 Å². The highest BCUT2D eigenvalue weighted by atomic mass is 16.5. The molecule has 0 radical (unpaired) electrons. The van der Waals surface area contributed by atoms with Gasteiger partial charge in [-0.05, 0) is 74.7 Å². The van der Waals surface area contributed by atoms with Crippen LogP contribution in [0.3, 0.4) is 0 Å². The summed E-state index contributed by atoms with van der Waals surface area (Å²) in [5, 5.41) is 3.77. The molecule has 0 aromatic heterocycles. The third kappa shape index (κ3) is 5.84. The highest BCUT2D eigenvalue weighted by Crippen LogP contribution is 2.38. The lowest BCUT2D eigenvalue weighted by atomic mass is 9.71. The molecule has 0 saturated heterocycles. The maximum Gasteiger partial charge on any atom is 0.126 e. The first-order valence-corrected chi connectivity index (χ1v) is 11.3. The van der Waals surface area contributed by atoms with Gasteiger partial charge in [-0.3, -0.25) is 0 Å². The number of hydrogen-bond acceptors (Lipinski definition) is 3. The first kappa shape index (κ1) is 21.4. The topological polar surface area (TPSA) is 47.3 Å². The van der Waals surface area contributed by atoms with Gasteiger partial charge in [-0.15, -0.1) is 0 Å². The fraction of sp³-hybridized carbons (Fsp3) is 0.680. The first-order chi connectivity index (χ1) is 13.6. The molecule has 0 amide bonds. The normalized spacial score (nSPS) is 33.9. The Kier molecular flexibility index (Phi) is 7.99. The van der Waals surface area contributed by atoms with Gasteiger partial charge in [0, 0.05) is 24.2 Å². The van der Waals surface area contributed by atoms with Crippen molar-refractivity contribution in [2.75, 3.05) is 13.7 Å². The molecule has 1 aromatic carbocycles. The minimum Gasteiger partial charge on any atom is -0.496 e. The summed E-state index contributed by atoms with van der Waals surface area (Å²) in [4.78, 5) is 0. The zero-order chi connectivity index (χ0) is 19.9. The van der Waals surface area contributed by atoms with Gasteiger partial charge in [-0.1, -0.05) is 44.2 Å². The summed E-state index contributed by atoms with van der Waals surface area (Å²) >= 11 is 0. The molecule has 2 aliphatic carbocycles. The zero-order valence-electron chi connectivity index (χ0n) is 18.1. The number of methoxy groups -OCH3 is 1. The van der Waals surface area contributed by atoms with E-state index in [-0.39, 0.29) is 0 Å². The van der Waals surface area contributed by atoms with Gasteiger partial charge in [0.1, 0.15) is 5.75 Å². The smallest absolute Gasteiger partial charge is 0.126 e. The number of rotatable bonds is 7. The molecule has 2 aliphatic rings. The SMILES string of the molecule is COc1ccccc1/C=C/CNC1CCC(CC2CCC(N)C(C)C2)CC1C. The third-order valence-corrected chi connectivity index (χ3v) is 7.22. The van der Waals surface area contributed by atoms with E-state index in [0.29, 0.717) is 18.0 Å². The minimum atomic E-state index is 0.444. The lowest BCUT2D eigenvalue weighted by Gasteiger charge is -2.38. The predicted molar refractivity (Wildman–Crippen MR) is 119 cm³/mol. The molecule has 0 heterocycles. The van der Waals surface area contributed by atoms with Crippen LogP contribution in [0.15, 0.2) is 30.3 Å².